The van der Waals surface area contributed by atoms with E-state index < -0.39 is 16.4 Å². The number of hydrogen-bond donors (Lipinski definition) is 2. The van der Waals surface area contributed by atoms with Gasteiger partial charge in [-0.1, -0.05) is 30.3 Å². The van der Waals surface area contributed by atoms with Crippen molar-refractivity contribution in [1.82, 2.24) is 15.5 Å². The van der Waals surface area contributed by atoms with E-state index in [-0.39, 0.29) is 12.1 Å². The van der Waals surface area contributed by atoms with E-state index in [0.717, 1.165) is 24.9 Å². The Morgan fingerprint density at radius 1 is 1.30 bits per heavy atom. The molecule has 0 aromatic heterocycles. The van der Waals surface area contributed by atoms with Gasteiger partial charge in [-0.15, -0.1) is 0 Å². The zero-order valence-corrected chi connectivity index (χ0v) is 19.5. The van der Waals surface area contributed by atoms with Crippen LogP contribution in [0.25, 0.3) is 0 Å². The van der Waals surface area contributed by atoms with Crippen LogP contribution in [0.5, 0.6) is 0 Å². The van der Waals surface area contributed by atoms with Crippen molar-refractivity contribution in [2.24, 2.45) is 4.99 Å². The molecule has 2 atom stereocenters. The van der Waals surface area contributed by atoms with E-state index >= 15 is 0 Å². The van der Waals surface area contributed by atoms with Crippen LogP contribution in [0.3, 0.4) is 0 Å². The number of nitrogens with one attached hydrogen (secondary N) is 2. The summed E-state index contributed by atoms with van der Waals surface area (Å²) in [6.07, 6.45) is 1.60. The molecule has 0 saturated carbocycles. The summed E-state index contributed by atoms with van der Waals surface area (Å²) in [7, 11) is -0.952. The van der Waals surface area contributed by atoms with Crippen LogP contribution < -0.4 is 10.6 Å². The number of piperidine rings is 1. The molecule has 30 heavy (non-hydrogen) atoms. The second kappa shape index (κ2) is 11.9. The highest BCUT2D eigenvalue weighted by molar-refractivity contribution is 7.84. The maximum Gasteiger partial charge on any atom is 0.410 e. The molecule has 1 saturated heterocycles. The smallest absolute Gasteiger partial charge is 0.410 e. The summed E-state index contributed by atoms with van der Waals surface area (Å²) in [5.41, 5.74) is 0.581. The van der Waals surface area contributed by atoms with E-state index in [9.17, 15) is 9.00 Å². The number of nitrogens with zero attached hydrogens (tertiary/aromatic N) is 2. The first-order chi connectivity index (χ1) is 14.3. The van der Waals surface area contributed by atoms with E-state index in [2.05, 4.69) is 15.6 Å². The molecule has 168 valence electrons. The standard InChI is InChI=1S/C22H36N4O3S/c1-5-23-20(24-13-15-30(28)17-18-10-7-6-8-11-18)25-19-12-9-14-26(16-19)21(27)29-22(2,3)4/h6-8,10-11,19H,5,9,12-17H2,1-4H3,(H2,23,24,25). The fraction of sp³-hybridized carbons (Fsp3) is 0.636. The summed E-state index contributed by atoms with van der Waals surface area (Å²) >= 11 is 0. The van der Waals surface area contributed by atoms with Gasteiger partial charge < -0.3 is 20.3 Å². The molecule has 0 spiro atoms. The van der Waals surface area contributed by atoms with E-state index in [1.807, 2.05) is 58.0 Å². The number of carbonyl (C=O) groups is 1. The molecule has 0 bridgehead atoms. The van der Waals surface area contributed by atoms with Gasteiger partial charge >= 0.3 is 6.09 Å². The molecule has 2 unspecified atom stereocenters. The zero-order chi connectivity index (χ0) is 22.0. The lowest BCUT2D eigenvalue weighted by atomic mass is 10.1. The number of guanidine groups is 1. The molecule has 0 radical (unpaired) electrons. The Morgan fingerprint density at radius 2 is 2.03 bits per heavy atom. The average Bonchev–Trinajstić information content (AvgIpc) is 2.68. The van der Waals surface area contributed by atoms with Gasteiger partial charge in [0.2, 0.25) is 0 Å². The van der Waals surface area contributed by atoms with Gasteiger partial charge in [0.05, 0.1) is 6.54 Å². The minimum absolute atomic E-state index is 0.110. The number of rotatable bonds is 7. The van der Waals surface area contributed by atoms with E-state index in [1.54, 1.807) is 4.90 Å². The molecule has 1 aromatic rings. The van der Waals surface area contributed by atoms with Crippen molar-refractivity contribution in [2.75, 3.05) is 31.9 Å². The molecule has 0 aliphatic carbocycles. The average molecular weight is 437 g/mol. The monoisotopic (exact) mass is 436 g/mol. The van der Waals surface area contributed by atoms with Crippen molar-refractivity contribution < 1.29 is 13.7 Å². The third-order valence-corrected chi connectivity index (χ3v) is 5.81. The summed E-state index contributed by atoms with van der Waals surface area (Å²) in [5, 5.41) is 6.66. The molecule has 7 nitrogen and oxygen atoms in total. The van der Waals surface area contributed by atoms with Gasteiger partial charge in [-0.25, -0.2) is 4.79 Å². The maximum absolute atomic E-state index is 12.4. The van der Waals surface area contributed by atoms with Crippen molar-refractivity contribution in [3.05, 3.63) is 35.9 Å². The third-order valence-electron chi connectivity index (χ3n) is 4.52. The van der Waals surface area contributed by atoms with Crippen LogP contribution in [-0.4, -0.2) is 64.7 Å². The van der Waals surface area contributed by atoms with Crippen LogP contribution in [0.15, 0.2) is 35.3 Å². The number of likely N-dealkylation sites (tertiary alicyclic amines) is 1. The lowest BCUT2D eigenvalue weighted by Gasteiger charge is -2.35. The number of benzene rings is 1. The first-order valence-electron chi connectivity index (χ1n) is 10.7. The molecule has 1 aliphatic heterocycles. The Morgan fingerprint density at radius 3 is 2.70 bits per heavy atom. The van der Waals surface area contributed by atoms with Crippen molar-refractivity contribution in [1.29, 1.82) is 0 Å². The van der Waals surface area contributed by atoms with Gasteiger partial charge in [0.15, 0.2) is 5.96 Å². The largest absolute Gasteiger partial charge is 0.444 e. The van der Waals surface area contributed by atoms with E-state index in [1.165, 1.54) is 0 Å². The molecule has 1 fully saturated rings. The number of aliphatic imine (C=N–C) groups is 1. The molecule has 1 amide bonds. The quantitative estimate of drug-likeness (QED) is 0.507. The Kier molecular flexibility index (Phi) is 9.62. The topological polar surface area (TPSA) is 83.0 Å². The SMILES string of the molecule is CCNC(=NCCS(=O)Cc1ccccc1)NC1CCCN(C(=O)OC(C)(C)C)C1. The number of amides is 1. The predicted octanol–water partition coefficient (Wildman–Crippen LogP) is 2.89. The van der Waals surface area contributed by atoms with Crippen LogP contribution in [0.4, 0.5) is 4.79 Å². The van der Waals surface area contributed by atoms with Crippen LogP contribution in [0.1, 0.15) is 46.1 Å². The van der Waals surface area contributed by atoms with Gasteiger partial charge in [0, 0.05) is 48.0 Å². The fourth-order valence-corrected chi connectivity index (χ4v) is 4.20. The van der Waals surface area contributed by atoms with Crippen molar-refractivity contribution in [3.8, 4) is 0 Å². The fourth-order valence-electron chi connectivity index (χ4n) is 3.19. The van der Waals surface area contributed by atoms with Crippen LogP contribution in [0, 0.1) is 0 Å². The summed E-state index contributed by atoms with van der Waals surface area (Å²) < 4.78 is 17.8. The Bertz CT molecular complexity index is 719. The van der Waals surface area contributed by atoms with Crippen molar-refractivity contribution >= 4 is 22.9 Å². The highest BCUT2D eigenvalue weighted by atomic mass is 32.2. The number of carbonyl (C=O) groups excluding carboxylic acids is 1. The van der Waals surface area contributed by atoms with Crippen LogP contribution in [0.2, 0.25) is 0 Å². The molecular weight excluding hydrogens is 400 g/mol. The minimum atomic E-state index is -0.952. The highest BCUT2D eigenvalue weighted by Gasteiger charge is 2.28. The van der Waals surface area contributed by atoms with Gasteiger partial charge in [-0.2, -0.15) is 0 Å². The maximum atomic E-state index is 12.4. The zero-order valence-electron chi connectivity index (χ0n) is 18.6. The first kappa shape index (κ1) is 24.2. The number of ether oxygens (including phenoxy) is 1. The molecule has 2 rings (SSSR count). The minimum Gasteiger partial charge on any atom is -0.444 e. The van der Waals surface area contributed by atoms with E-state index in [0.29, 0.717) is 37.1 Å². The number of hydrogen-bond acceptors (Lipinski definition) is 4. The molecule has 2 N–H and O–H groups in total. The predicted molar refractivity (Wildman–Crippen MR) is 123 cm³/mol. The Hall–Kier alpha value is -2.09. The van der Waals surface area contributed by atoms with Gasteiger partial charge in [0.25, 0.3) is 0 Å². The molecule has 8 heteroatoms. The second-order valence-corrected chi connectivity index (χ2v) is 10.0. The molecule has 1 aromatic carbocycles. The van der Waals surface area contributed by atoms with Crippen molar-refractivity contribution in [2.45, 2.75) is 57.9 Å². The third kappa shape index (κ3) is 9.15. The molecular formula is C22H36N4O3S. The summed E-state index contributed by atoms with van der Waals surface area (Å²) in [6, 6.07) is 9.98. The summed E-state index contributed by atoms with van der Waals surface area (Å²) in [6.45, 7) is 10.2. The lowest BCUT2D eigenvalue weighted by Crippen LogP contribution is -2.53. The normalized spacial score (nSPS) is 18.6. The Labute approximate surface area is 183 Å². The molecule has 1 aliphatic rings. The van der Waals surface area contributed by atoms with Gasteiger partial charge in [-0.05, 0) is 46.1 Å². The van der Waals surface area contributed by atoms with E-state index in [4.69, 9.17) is 4.74 Å². The Balaban J connectivity index is 1.84. The van der Waals surface area contributed by atoms with Crippen LogP contribution >= 0.6 is 0 Å². The first-order valence-corrected chi connectivity index (χ1v) is 12.2. The highest BCUT2D eigenvalue weighted by Crippen LogP contribution is 2.15. The second-order valence-electron chi connectivity index (χ2n) is 8.44. The summed E-state index contributed by atoms with van der Waals surface area (Å²) in [4.78, 5) is 18.7. The van der Waals surface area contributed by atoms with Crippen LogP contribution in [-0.2, 0) is 21.3 Å². The van der Waals surface area contributed by atoms with Gasteiger partial charge in [0.1, 0.15) is 5.60 Å². The lowest BCUT2D eigenvalue weighted by molar-refractivity contribution is 0.0193. The summed E-state index contributed by atoms with van der Waals surface area (Å²) in [5.74, 6) is 1.76. The molecule has 1 heterocycles. The van der Waals surface area contributed by atoms with Crippen molar-refractivity contribution in [3.63, 3.8) is 0 Å². The van der Waals surface area contributed by atoms with Gasteiger partial charge in [-0.3, -0.25) is 9.20 Å².